The molecule has 0 heterocycles. The molecular weight excluding hydrogens is 402 g/mol. The van der Waals surface area contributed by atoms with E-state index in [-0.39, 0.29) is 5.91 Å². The maximum Gasteiger partial charge on any atom is 0.253 e. The molecule has 176 valence electrons. The number of aryl methyl sites for hydroxylation is 2. The van der Waals surface area contributed by atoms with Crippen molar-refractivity contribution in [2.24, 2.45) is 0 Å². The summed E-state index contributed by atoms with van der Waals surface area (Å²) in [6, 6.07) is 11.0. The number of unbranched alkanes of at least 4 members (excludes halogenated alkanes) is 1. The number of rotatable bonds is 14. The average Bonchev–Trinajstić information content (AvgIpc) is 2.81. The van der Waals surface area contributed by atoms with Gasteiger partial charge in [-0.2, -0.15) is 0 Å². The Morgan fingerprint density at radius 3 is 1.88 bits per heavy atom. The molecule has 1 N–H and O–H groups in total. The molecule has 0 saturated heterocycles. The molecule has 5 heteroatoms. The Morgan fingerprint density at radius 1 is 0.844 bits per heavy atom. The van der Waals surface area contributed by atoms with Crippen molar-refractivity contribution >= 4 is 5.91 Å². The predicted octanol–water partition coefficient (Wildman–Crippen LogP) is 6.02. The van der Waals surface area contributed by atoms with E-state index in [9.17, 15) is 9.90 Å². The summed E-state index contributed by atoms with van der Waals surface area (Å²) < 4.78 is 11.9. The Morgan fingerprint density at radius 2 is 1.38 bits per heavy atom. The second kappa shape index (κ2) is 13.7. The number of benzene rings is 2. The highest BCUT2D eigenvalue weighted by atomic mass is 16.5. The SMILES string of the molecule is CCCN(CCC)C(=O)c1ccc(OCCCCOc2c(CC)cc(O)cc2CC)cc1. The summed E-state index contributed by atoms with van der Waals surface area (Å²) in [7, 11) is 0. The lowest BCUT2D eigenvalue weighted by atomic mass is 10.0. The van der Waals surface area contributed by atoms with Crippen LogP contribution in [0.2, 0.25) is 0 Å². The molecule has 0 saturated carbocycles. The fourth-order valence-electron chi connectivity index (χ4n) is 3.75. The van der Waals surface area contributed by atoms with Gasteiger partial charge in [-0.05, 0) is 86.1 Å². The van der Waals surface area contributed by atoms with Gasteiger partial charge in [-0.15, -0.1) is 0 Å². The summed E-state index contributed by atoms with van der Waals surface area (Å²) in [6.45, 7) is 11.1. The van der Waals surface area contributed by atoms with E-state index in [0.717, 1.165) is 74.2 Å². The Kier molecular flexibility index (Phi) is 10.9. The normalized spacial score (nSPS) is 10.8. The highest BCUT2D eigenvalue weighted by molar-refractivity contribution is 5.94. The average molecular weight is 442 g/mol. The van der Waals surface area contributed by atoms with Crippen LogP contribution in [0.25, 0.3) is 0 Å². The third-order valence-corrected chi connectivity index (χ3v) is 5.42. The van der Waals surface area contributed by atoms with Crippen LogP contribution in [0.4, 0.5) is 0 Å². The minimum Gasteiger partial charge on any atom is -0.508 e. The van der Waals surface area contributed by atoms with Gasteiger partial charge in [0.25, 0.3) is 5.91 Å². The third kappa shape index (κ3) is 7.47. The highest BCUT2D eigenvalue weighted by Gasteiger charge is 2.14. The molecule has 2 aromatic rings. The van der Waals surface area contributed by atoms with Crippen molar-refractivity contribution in [1.29, 1.82) is 0 Å². The number of ether oxygens (including phenoxy) is 2. The quantitative estimate of drug-likeness (QED) is 0.364. The lowest BCUT2D eigenvalue weighted by Crippen LogP contribution is -2.32. The number of hydrogen-bond donors (Lipinski definition) is 1. The molecule has 0 aliphatic carbocycles. The van der Waals surface area contributed by atoms with Crippen LogP contribution in [-0.2, 0) is 12.8 Å². The lowest BCUT2D eigenvalue weighted by Gasteiger charge is -2.21. The van der Waals surface area contributed by atoms with Crippen molar-refractivity contribution in [3.8, 4) is 17.2 Å². The number of carbonyl (C=O) groups is 1. The van der Waals surface area contributed by atoms with Crippen LogP contribution < -0.4 is 9.47 Å². The number of amides is 1. The van der Waals surface area contributed by atoms with Crippen molar-refractivity contribution in [3.63, 3.8) is 0 Å². The summed E-state index contributed by atoms with van der Waals surface area (Å²) in [4.78, 5) is 14.6. The van der Waals surface area contributed by atoms with Gasteiger partial charge in [-0.3, -0.25) is 4.79 Å². The van der Waals surface area contributed by atoms with E-state index in [4.69, 9.17) is 9.47 Å². The number of aromatic hydroxyl groups is 1. The molecule has 2 aromatic carbocycles. The molecule has 0 unspecified atom stereocenters. The second-order valence-corrected chi connectivity index (χ2v) is 8.02. The van der Waals surface area contributed by atoms with Crippen LogP contribution in [0.1, 0.15) is 74.9 Å². The van der Waals surface area contributed by atoms with Crippen LogP contribution >= 0.6 is 0 Å². The standard InChI is InChI=1S/C27H39NO4/c1-5-15-28(16-6-2)27(30)23-11-13-25(14-12-23)31-17-9-10-18-32-26-21(7-3)19-24(29)20-22(26)8-4/h11-14,19-20,29H,5-10,15-18H2,1-4H3. The molecule has 0 aromatic heterocycles. The molecule has 0 aliphatic rings. The minimum atomic E-state index is 0.0875. The van der Waals surface area contributed by atoms with E-state index in [1.165, 1.54) is 0 Å². The highest BCUT2D eigenvalue weighted by Crippen LogP contribution is 2.30. The first kappa shape index (κ1) is 25.6. The molecular formula is C27H39NO4. The van der Waals surface area contributed by atoms with E-state index < -0.39 is 0 Å². The van der Waals surface area contributed by atoms with Gasteiger partial charge in [0.2, 0.25) is 0 Å². The van der Waals surface area contributed by atoms with Gasteiger partial charge >= 0.3 is 0 Å². The fraction of sp³-hybridized carbons (Fsp3) is 0.519. The number of carbonyl (C=O) groups excluding carboxylic acids is 1. The number of hydrogen-bond acceptors (Lipinski definition) is 4. The topological polar surface area (TPSA) is 59.0 Å². The summed E-state index contributed by atoms with van der Waals surface area (Å²) in [5, 5.41) is 9.86. The second-order valence-electron chi connectivity index (χ2n) is 8.02. The molecule has 1 amide bonds. The van der Waals surface area contributed by atoms with Gasteiger partial charge in [0.05, 0.1) is 13.2 Å². The van der Waals surface area contributed by atoms with Crippen molar-refractivity contribution < 1.29 is 19.4 Å². The molecule has 32 heavy (non-hydrogen) atoms. The summed E-state index contributed by atoms with van der Waals surface area (Å²) in [5.41, 5.74) is 2.80. The molecule has 5 nitrogen and oxygen atoms in total. The molecule has 0 spiro atoms. The summed E-state index contributed by atoms with van der Waals surface area (Å²) >= 11 is 0. The zero-order chi connectivity index (χ0) is 23.3. The summed E-state index contributed by atoms with van der Waals surface area (Å²) in [5.74, 6) is 2.08. The van der Waals surface area contributed by atoms with Crippen LogP contribution in [-0.4, -0.2) is 42.2 Å². The van der Waals surface area contributed by atoms with Crippen molar-refractivity contribution in [1.82, 2.24) is 4.90 Å². The van der Waals surface area contributed by atoms with Crippen molar-refractivity contribution in [3.05, 3.63) is 53.1 Å². The molecule has 0 aliphatic heterocycles. The van der Waals surface area contributed by atoms with Gasteiger partial charge < -0.3 is 19.5 Å². The van der Waals surface area contributed by atoms with E-state index in [1.807, 2.05) is 29.2 Å². The van der Waals surface area contributed by atoms with E-state index in [1.54, 1.807) is 12.1 Å². The largest absolute Gasteiger partial charge is 0.508 e. The molecule has 0 radical (unpaired) electrons. The van der Waals surface area contributed by atoms with Crippen LogP contribution in [0, 0.1) is 0 Å². The van der Waals surface area contributed by atoms with Crippen LogP contribution in [0.3, 0.4) is 0 Å². The zero-order valence-corrected chi connectivity index (χ0v) is 20.2. The molecule has 0 atom stereocenters. The van der Waals surface area contributed by atoms with Gasteiger partial charge in [-0.1, -0.05) is 27.7 Å². The van der Waals surface area contributed by atoms with Crippen molar-refractivity contribution in [2.45, 2.75) is 66.2 Å². The Bertz CT molecular complexity index is 801. The first-order chi connectivity index (χ1) is 15.5. The van der Waals surface area contributed by atoms with Gasteiger partial charge in [-0.25, -0.2) is 0 Å². The van der Waals surface area contributed by atoms with E-state index in [0.29, 0.717) is 24.5 Å². The van der Waals surface area contributed by atoms with Crippen LogP contribution in [0.15, 0.2) is 36.4 Å². The Balaban J connectivity index is 1.78. The first-order valence-corrected chi connectivity index (χ1v) is 12.0. The zero-order valence-electron chi connectivity index (χ0n) is 20.2. The maximum absolute atomic E-state index is 12.7. The van der Waals surface area contributed by atoms with Gasteiger partial charge in [0.15, 0.2) is 0 Å². The monoisotopic (exact) mass is 441 g/mol. The van der Waals surface area contributed by atoms with Crippen molar-refractivity contribution in [2.75, 3.05) is 26.3 Å². The third-order valence-electron chi connectivity index (χ3n) is 5.42. The predicted molar refractivity (Wildman–Crippen MR) is 130 cm³/mol. The maximum atomic E-state index is 12.7. The van der Waals surface area contributed by atoms with Gasteiger partial charge in [0.1, 0.15) is 17.2 Å². The van der Waals surface area contributed by atoms with Crippen LogP contribution in [0.5, 0.6) is 17.2 Å². The minimum absolute atomic E-state index is 0.0875. The smallest absolute Gasteiger partial charge is 0.253 e. The summed E-state index contributed by atoms with van der Waals surface area (Å²) in [6.07, 6.45) is 5.33. The molecule has 0 bridgehead atoms. The van der Waals surface area contributed by atoms with E-state index >= 15 is 0 Å². The van der Waals surface area contributed by atoms with Gasteiger partial charge in [0, 0.05) is 18.7 Å². The van der Waals surface area contributed by atoms with E-state index in [2.05, 4.69) is 27.7 Å². The lowest BCUT2D eigenvalue weighted by molar-refractivity contribution is 0.0755. The first-order valence-electron chi connectivity index (χ1n) is 12.0. The number of phenolic OH excluding ortho intramolecular Hbond substituents is 1. The number of nitrogens with zero attached hydrogens (tertiary/aromatic N) is 1. The molecule has 2 rings (SSSR count). The number of phenols is 1. The fourth-order valence-corrected chi connectivity index (χ4v) is 3.75. The Labute approximate surface area is 193 Å². The molecule has 0 fully saturated rings. The Hall–Kier alpha value is -2.69.